The lowest BCUT2D eigenvalue weighted by atomic mass is 9.97. The van der Waals surface area contributed by atoms with Crippen LogP contribution in [0.2, 0.25) is 0 Å². The summed E-state index contributed by atoms with van der Waals surface area (Å²) in [5.41, 5.74) is 8.03. The van der Waals surface area contributed by atoms with Crippen molar-refractivity contribution in [3.63, 3.8) is 0 Å². The van der Waals surface area contributed by atoms with Crippen LogP contribution in [0.4, 0.5) is 17.3 Å². The first-order valence-electron chi connectivity index (χ1n) is 14.8. The number of nitrogens with two attached hydrogens (primary N) is 1. The predicted molar refractivity (Wildman–Crippen MR) is 158 cm³/mol. The maximum Gasteiger partial charge on any atom is 0.271 e. The Labute approximate surface area is 245 Å². The van der Waals surface area contributed by atoms with E-state index in [-0.39, 0.29) is 35.6 Å². The van der Waals surface area contributed by atoms with E-state index in [9.17, 15) is 9.59 Å². The quantitative estimate of drug-likeness (QED) is 0.348. The van der Waals surface area contributed by atoms with Gasteiger partial charge in [0.1, 0.15) is 17.7 Å². The zero-order valence-corrected chi connectivity index (χ0v) is 23.8. The highest BCUT2D eigenvalue weighted by molar-refractivity contribution is 5.96. The van der Waals surface area contributed by atoms with Crippen LogP contribution in [0.5, 0.6) is 5.75 Å². The molecule has 4 heterocycles. The predicted octanol–water partition coefficient (Wildman–Crippen LogP) is 3.94. The van der Waals surface area contributed by atoms with Crippen LogP contribution >= 0.6 is 0 Å². The number of nitrogens with zero attached hydrogens (tertiary/aromatic N) is 4. The number of pyridine rings is 1. The molecule has 2 saturated heterocycles. The molecule has 4 N–H and O–H groups in total. The number of hydrogen-bond donors (Lipinski definition) is 3. The number of primary amides is 1. The van der Waals surface area contributed by atoms with Crippen molar-refractivity contribution in [2.45, 2.75) is 69.6 Å². The standard InChI is InChI=1S/C31H37N7O4/c1-19-25(36-31(40)21-6-11-26(33-17-21)20-4-5-20)3-2-14-38(19)27-18-34-28(29(32)39)30(37-27)35-22-7-9-23(10-8-22)42-24-12-15-41-16-13-24/h6-11,17-20,24-25H,2-5,12-16H2,1H3,(H2,32,39)(H,35,37)(H,36,40)/t19-,25-/m1/s1. The number of aromatic nitrogens is 3. The van der Waals surface area contributed by atoms with E-state index in [1.165, 1.54) is 12.8 Å². The molecule has 0 bridgehead atoms. The lowest BCUT2D eigenvalue weighted by Crippen LogP contribution is -2.54. The van der Waals surface area contributed by atoms with E-state index in [0.29, 0.717) is 30.5 Å². The SMILES string of the molecule is C[C@@H]1[C@H](NC(=O)c2ccc(C3CC3)nc2)CCCN1c1cnc(C(N)=O)c(Nc2ccc(OC3CCOCC3)cc2)n1. The molecule has 6 rings (SSSR count). The van der Waals surface area contributed by atoms with E-state index in [4.69, 9.17) is 20.2 Å². The highest BCUT2D eigenvalue weighted by Crippen LogP contribution is 2.38. The van der Waals surface area contributed by atoms with Gasteiger partial charge in [0.15, 0.2) is 11.5 Å². The fourth-order valence-corrected chi connectivity index (χ4v) is 5.60. The van der Waals surface area contributed by atoms with Gasteiger partial charge in [-0.25, -0.2) is 9.97 Å². The van der Waals surface area contributed by atoms with E-state index in [1.807, 2.05) is 36.4 Å². The molecular weight excluding hydrogens is 534 g/mol. The number of carbonyl (C=O) groups excluding carboxylic acids is 2. The van der Waals surface area contributed by atoms with E-state index in [2.05, 4.69) is 32.4 Å². The maximum absolute atomic E-state index is 13.0. The van der Waals surface area contributed by atoms with Crippen LogP contribution in [0.3, 0.4) is 0 Å². The summed E-state index contributed by atoms with van der Waals surface area (Å²) in [6, 6.07) is 11.2. The topological polar surface area (TPSA) is 145 Å². The number of amides is 2. The highest BCUT2D eigenvalue weighted by Gasteiger charge is 2.31. The molecule has 0 spiro atoms. The van der Waals surface area contributed by atoms with Crippen LogP contribution in [0.25, 0.3) is 0 Å². The molecule has 1 aliphatic carbocycles. The molecule has 3 aromatic rings. The summed E-state index contributed by atoms with van der Waals surface area (Å²) in [7, 11) is 0. The summed E-state index contributed by atoms with van der Waals surface area (Å²) >= 11 is 0. The molecule has 0 unspecified atom stereocenters. The lowest BCUT2D eigenvalue weighted by Gasteiger charge is -2.40. The van der Waals surface area contributed by atoms with E-state index >= 15 is 0 Å². The Kier molecular flexibility index (Phi) is 8.18. The molecule has 2 amide bonds. The van der Waals surface area contributed by atoms with Crippen LogP contribution in [-0.2, 0) is 4.74 Å². The Bertz CT molecular complexity index is 1410. The van der Waals surface area contributed by atoms with Gasteiger partial charge >= 0.3 is 0 Å². The van der Waals surface area contributed by atoms with Gasteiger partial charge in [-0.15, -0.1) is 0 Å². The molecule has 220 valence electrons. The summed E-state index contributed by atoms with van der Waals surface area (Å²) in [6.07, 6.45) is 9.18. The number of hydrogen-bond acceptors (Lipinski definition) is 9. The molecular formula is C31H37N7O4. The molecule has 11 nitrogen and oxygen atoms in total. The number of benzene rings is 1. The zero-order chi connectivity index (χ0) is 29.1. The Morgan fingerprint density at radius 3 is 2.48 bits per heavy atom. The summed E-state index contributed by atoms with van der Waals surface area (Å²) in [4.78, 5) is 41.0. The summed E-state index contributed by atoms with van der Waals surface area (Å²) in [5, 5.41) is 6.40. The van der Waals surface area contributed by atoms with Crippen molar-refractivity contribution in [3.8, 4) is 5.75 Å². The fourth-order valence-electron chi connectivity index (χ4n) is 5.60. The molecule has 0 radical (unpaired) electrons. The lowest BCUT2D eigenvalue weighted by molar-refractivity contribution is 0.0256. The molecule has 2 aliphatic heterocycles. The van der Waals surface area contributed by atoms with Crippen molar-refractivity contribution in [1.29, 1.82) is 0 Å². The number of anilines is 3. The van der Waals surface area contributed by atoms with Crippen molar-refractivity contribution in [2.24, 2.45) is 5.73 Å². The van der Waals surface area contributed by atoms with Crippen molar-refractivity contribution in [2.75, 3.05) is 30.0 Å². The number of piperidine rings is 1. The minimum Gasteiger partial charge on any atom is -0.490 e. The largest absolute Gasteiger partial charge is 0.490 e. The zero-order valence-electron chi connectivity index (χ0n) is 23.8. The second-order valence-electron chi connectivity index (χ2n) is 11.3. The monoisotopic (exact) mass is 571 g/mol. The average molecular weight is 572 g/mol. The van der Waals surface area contributed by atoms with Crippen molar-refractivity contribution < 1.29 is 19.1 Å². The summed E-state index contributed by atoms with van der Waals surface area (Å²) < 4.78 is 11.5. The van der Waals surface area contributed by atoms with E-state index < -0.39 is 5.91 Å². The van der Waals surface area contributed by atoms with Gasteiger partial charge in [-0.2, -0.15) is 0 Å². The van der Waals surface area contributed by atoms with Gasteiger partial charge in [0, 0.05) is 55.0 Å². The third kappa shape index (κ3) is 6.46. The van der Waals surface area contributed by atoms with Gasteiger partial charge in [0.05, 0.1) is 25.0 Å². The molecule has 1 saturated carbocycles. The van der Waals surface area contributed by atoms with Crippen molar-refractivity contribution in [3.05, 3.63) is 65.7 Å². The molecule has 2 aromatic heterocycles. The smallest absolute Gasteiger partial charge is 0.271 e. The molecule has 1 aromatic carbocycles. The first kappa shape index (κ1) is 27.9. The van der Waals surface area contributed by atoms with E-state index in [1.54, 1.807) is 12.4 Å². The second-order valence-corrected chi connectivity index (χ2v) is 11.3. The first-order valence-corrected chi connectivity index (χ1v) is 14.8. The maximum atomic E-state index is 13.0. The first-order chi connectivity index (χ1) is 20.4. The van der Waals surface area contributed by atoms with Crippen LogP contribution in [0, 0.1) is 0 Å². The number of carbonyl (C=O) groups is 2. The van der Waals surface area contributed by atoms with Gasteiger partial charge < -0.3 is 30.7 Å². The van der Waals surface area contributed by atoms with Crippen LogP contribution < -0.4 is 26.0 Å². The van der Waals surface area contributed by atoms with Gasteiger partial charge in [-0.05, 0) is 69.0 Å². The third-order valence-corrected chi connectivity index (χ3v) is 8.22. The minimum atomic E-state index is -0.672. The molecule has 42 heavy (non-hydrogen) atoms. The second kappa shape index (κ2) is 12.3. The van der Waals surface area contributed by atoms with Gasteiger partial charge in [-0.1, -0.05) is 0 Å². The van der Waals surface area contributed by atoms with Crippen LogP contribution in [-0.4, -0.2) is 64.7 Å². The fraction of sp³-hybridized carbons (Fsp3) is 0.452. The normalized spacial score (nSPS) is 21.0. The molecule has 11 heteroatoms. The summed E-state index contributed by atoms with van der Waals surface area (Å²) in [5.74, 6) is 1.39. The van der Waals surface area contributed by atoms with Crippen molar-refractivity contribution in [1.82, 2.24) is 20.3 Å². The number of rotatable bonds is 9. The number of nitrogens with one attached hydrogen (secondary N) is 2. The Hall–Kier alpha value is -4.25. The third-order valence-electron chi connectivity index (χ3n) is 8.22. The molecule has 2 atom stereocenters. The average Bonchev–Trinajstić information content (AvgIpc) is 3.86. The van der Waals surface area contributed by atoms with Crippen LogP contribution in [0.1, 0.15) is 77.9 Å². The minimum absolute atomic E-state index is 0.0513. The molecule has 3 aliphatic rings. The van der Waals surface area contributed by atoms with Crippen molar-refractivity contribution >= 4 is 29.1 Å². The Morgan fingerprint density at radius 2 is 1.79 bits per heavy atom. The highest BCUT2D eigenvalue weighted by atomic mass is 16.5. The van der Waals surface area contributed by atoms with E-state index in [0.717, 1.165) is 49.4 Å². The Balaban J connectivity index is 1.14. The van der Waals surface area contributed by atoms with Gasteiger partial charge in [-0.3, -0.25) is 14.6 Å². The van der Waals surface area contributed by atoms with Gasteiger partial charge in [0.2, 0.25) is 0 Å². The Morgan fingerprint density at radius 1 is 1.00 bits per heavy atom. The summed E-state index contributed by atoms with van der Waals surface area (Å²) in [6.45, 7) is 4.23. The number of ether oxygens (including phenoxy) is 2. The molecule has 3 fully saturated rings. The van der Waals surface area contributed by atoms with Gasteiger partial charge in [0.25, 0.3) is 11.8 Å². The van der Waals surface area contributed by atoms with Crippen LogP contribution in [0.15, 0.2) is 48.8 Å².